The van der Waals surface area contributed by atoms with Gasteiger partial charge in [-0.3, -0.25) is 9.59 Å². The van der Waals surface area contributed by atoms with E-state index in [0.717, 1.165) is 26.2 Å². The Kier molecular flexibility index (Phi) is 4.91. The average molecular weight is 453 g/mol. The number of thiophene rings is 1. The first-order valence-corrected chi connectivity index (χ1v) is 10.4. The molecule has 28 heavy (non-hydrogen) atoms. The highest BCUT2D eigenvalue weighted by molar-refractivity contribution is 9.10. The van der Waals surface area contributed by atoms with Gasteiger partial charge in [0.15, 0.2) is 0 Å². The standard InChI is InChI=1S/C22H17BrN2O2S/c1-13-6-3-9-17(14(13)2)24-20-19(18-10-5-11-28-18)21(26)25(22(20)27)16-8-4-7-15(23)12-16/h3-12,24H,1-2H3. The third kappa shape index (κ3) is 3.19. The zero-order valence-corrected chi connectivity index (χ0v) is 17.7. The third-order valence-electron chi connectivity index (χ3n) is 4.78. The van der Waals surface area contributed by atoms with Crippen molar-refractivity contribution >= 4 is 56.0 Å². The summed E-state index contributed by atoms with van der Waals surface area (Å²) in [6.45, 7) is 4.01. The largest absolute Gasteiger partial charge is 0.350 e. The molecular weight excluding hydrogens is 436 g/mol. The van der Waals surface area contributed by atoms with E-state index in [4.69, 9.17) is 0 Å². The summed E-state index contributed by atoms with van der Waals surface area (Å²) in [7, 11) is 0. The Morgan fingerprint density at radius 2 is 1.75 bits per heavy atom. The van der Waals surface area contributed by atoms with Crippen LogP contribution in [-0.4, -0.2) is 11.8 Å². The van der Waals surface area contributed by atoms with Crippen molar-refractivity contribution in [1.82, 2.24) is 0 Å². The molecule has 4 nitrogen and oxygen atoms in total. The summed E-state index contributed by atoms with van der Waals surface area (Å²) in [6, 6.07) is 16.8. The highest BCUT2D eigenvalue weighted by Gasteiger charge is 2.40. The van der Waals surface area contributed by atoms with Gasteiger partial charge in [0.1, 0.15) is 5.70 Å². The second-order valence-corrected chi connectivity index (χ2v) is 8.39. The Balaban J connectivity index is 1.83. The van der Waals surface area contributed by atoms with Crippen LogP contribution >= 0.6 is 27.3 Å². The molecule has 0 saturated heterocycles. The average Bonchev–Trinajstić information content (AvgIpc) is 3.26. The molecule has 2 amide bonds. The number of hydrogen-bond acceptors (Lipinski definition) is 4. The van der Waals surface area contributed by atoms with Gasteiger partial charge in [-0.1, -0.05) is 40.2 Å². The fourth-order valence-corrected chi connectivity index (χ4v) is 4.32. The predicted octanol–water partition coefficient (Wildman–Crippen LogP) is 5.52. The van der Waals surface area contributed by atoms with Crippen LogP contribution in [0.15, 0.2) is 70.1 Å². The van der Waals surface area contributed by atoms with Crippen LogP contribution in [0.2, 0.25) is 0 Å². The lowest BCUT2D eigenvalue weighted by Gasteiger charge is -2.16. The summed E-state index contributed by atoms with van der Waals surface area (Å²) in [5.41, 5.74) is 4.23. The first-order valence-electron chi connectivity index (χ1n) is 8.73. The van der Waals surface area contributed by atoms with Gasteiger partial charge in [-0.05, 0) is 60.7 Å². The lowest BCUT2D eigenvalue weighted by atomic mass is 10.1. The monoisotopic (exact) mass is 452 g/mol. The first-order chi connectivity index (χ1) is 13.5. The highest BCUT2D eigenvalue weighted by Crippen LogP contribution is 2.36. The van der Waals surface area contributed by atoms with E-state index in [2.05, 4.69) is 21.2 Å². The maximum Gasteiger partial charge on any atom is 0.282 e. The number of halogens is 1. The van der Waals surface area contributed by atoms with Crippen LogP contribution in [0.3, 0.4) is 0 Å². The van der Waals surface area contributed by atoms with Gasteiger partial charge < -0.3 is 5.32 Å². The predicted molar refractivity (Wildman–Crippen MR) is 117 cm³/mol. The molecule has 2 aromatic carbocycles. The molecule has 1 aliphatic rings. The molecule has 1 N–H and O–H groups in total. The Bertz CT molecular complexity index is 1120. The topological polar surface area (TPSA) is 49.4 Å². The molecule has 0 aliphatic carbocycles. The second kappa shape index (κ2) is 7.37. The van der Waals surface area contributed by atoms with Crippen LogP contribution in [-0.2, 0) is 9.59 Å². The van der Waals surface area contributed by atoms with E-state index in [1.807, 2.05) is 55.6 Å². The lowest BCUT2D eigenvalue weighted by Crippen LogP contribution is -2.32. The number of carbonyl (C=O) groups is 2. The van der Waals surface area contributed by atoms with Crippen molar-refractivity contribution in [2.75, 3.05) is 10.2 Å². The summed E-state index contributed by atoms with van der Waals surface area (Å²) < 4.78 is 0.805. The molecule has 1 aromatic heterocycles. The first kappa shape index (κ1) is 18.7. The van der Waals surface area contributed by atoms with Crippen molar-refractivity contribution in [2.24, 2.45) is 0 Å². The molecule has 0 fully saturated rings. The lowest BCUT2D eigenvalue weighted by molar-refractivity contribution is -0.120. The molecule has 1 aliphatic heterocycles. The molecule has 0 spiro atoms. The van der Waals surface area contributed by atoms with Crippen molar-refractivity contribution in [1.29, 1.82) is 0 Å². The summed E-state index contributed by atoms with van der Waals surface area (Å²) in [6.07, 6.45) is 0. The molecule has 6 heteroatoms. The number of carbonyl (C=O) groups excluding carboxylic acids is 2. The maximum atomic E-state index is 13.3. The number of benzene rings is 2. The van der Waals surface area contributed by atoms with Crippen molar-refractivity contribution in [3.63, 3.8) is 0 Å². The Morgan fingerprint density at radius 1 is 0.964 bits per heavy atom. The fourth-order valence-electron chi connectivity index (χ4n) is 3.17. The molecule has 0 atom stereocenters. The fraction of sp³-hybridized carbons (Fsp3) is 0.0909. The minimum Gasteiger partial charge on any atom is -0.350 e. The van der Waals surface area contributed by atoms with Gasteiger partial charge in [0, 0.05) is 15.0 Å². The van der Waals surface area contributed by atoms with E-state index in [-0.39, 0.29) is 11.8 Å². The molecule has 0 unspecified atom stereocenters. The van der Waals surface area contributed by atoms with Gasteiger partial charge in [-0.2, -0.15) is 0 Å². The zero-order valence-electron chi connectivity index (χ0n) is 15.3. The number of anilines is 2. The molecule has 0 bridgehead atoms. The summed E-state index contributed by atoms with van der Waals surface area (Å²) in [5.74, 6) is -0.675. The number of rotatable bonds is 4. The third-order valence-corrected chi connectivity index (χ3v) is 6.16. The Hall–Kier alpha value is -2.70. The summed E-state index contributed by atoms with van der Waals surface area (Å²) in [5, 5.41) is 5.15. The van der Waals surface area contributed by atoms with E-state index < -0.39 is 0 Å². The van der Waals surface area contributed by atoms with Crippen molar-refractivity contribution < 1.29 is 9.59 Å². The quantitative estimate of drug-likeness (QED) is 0.529. The second-order valence-electron chi connectivity index (χ2n) is 6.53. The highest BCUT2D eigenvalue weighted by atomic mass is 79.9. The van der Waals surface area contributed by atoms with Crippen molar-refractivity contribution in [3.8, 4) is 0 Å². The van der Waals surface area contributed by atoms with Crippen molar-refractivity contribution in [3.05, 3.63) is 86.2 Å². The van der Waals surface area contributed by atoms with Gasteiger partial charge in [0.2, 0.25) is 0 Å². The minimum absolute atomic E-state index is 0.307. The van der Waals surface area contributed by atoms with E-state index in [0.29, 0.717) is 17.0 Å². The molecule has 0 radical (unpaired) electrons. The van der Waals surface area contributed by atoms with Crippen LogP contribution in [0.4, 0.5) is 11.4 Å². The van der Waals surface area contributed by atoms with Gasteiger partial charge in [-0.25, -0.2) is 4.90 Å². The number of nitrogens with zero attached hydrogens (tertiary/aromatic N) is 1. The Morgan fingerprint density at radius 3 is 2.46 bits per heavy atom. The molecule has 4 rings (SSSR count). The smallest absolute Gasteiger partial charge is 0.282 e. The number of hydrogen-bond donors (Lipinski definition) is 1. The zero-order chi connectivity index (χ0) is 19.8. The van der Waals surface area contributed by atoms with E-state index in [1.54, 1.807) is 18.2 Å². The summed E-state index contributed by atoms with van der Waals surface area (Å²) >= 11 is 4.85. The van der Waals surface area contributed by atoms with Crippen LogP contribution in [0, 0.1) is 13.8 Å². The van der Waals surface area contributed by atoms with E-state index >= 15 is 0 Å². The SMILES string of the molecule is Cc1cccc(NC2=C(c3cccs3)C(=O)N(c3cccc(Br)c3)C2=O)c1C. The molecule has 140 valence electrons. The molecular formula is C22H17BrN2O2S. The molecule has 3 aromatic rings. The van der Waals surface area contributed by atoms with Crippen molar-refractivity contribution in [2.45, 2.75) is 13.8 Å². The molecule has 0 saturated carbocycles. The summed E-state index contributed by atoms with van der Waals surface area (Å²) in [4.78, 5) is 28.6. The molecule has 2 heterocycles. The Labute approximate surface area is 175 Å². The number of amides is 2. The van der Waals surface area contributed by atoms with Gasteiger partial charge in [0.25, 0.3) is 11.8 Å². The van der Waals surface area contributed by atoms with E-state index in [1.165, 1.54) is 16.2 Å². The van der Waals surface area contributed by atoms with Crippen LogP contribution in [0.1, 0.15) is 16.0 Å². The van der Waals surface area contributed by atoms with Gasteiger partial charge in [-0.15, -0.1) is 11.3 Å². The van der Waals surface area contributed by atoms with Gasteiger partial charge in [0.05, 0.1) is 11.3 Å². The number of imide groups is 1. The number of aryl methyl sites for hydroxylation is 1. The van der Waals surface area contributed by atoms with E-state index in [9.17, 15) is 9.59 Å². The van der Waals surface area contributed by atoms with Crippen LogP contribution in [0.5, 0.6) is 0 Å². The van der Waals surface area contributed by atoms with Crippen LogP contribution < -0.4 is 10.2 Å². The maximum absolute atomic E-state index is 13.3. The normalized spacial score (nSPS) is 14.2. The minimum atomic E-state index is -0.354. The van der Waals surface area contributed by atoms with Crippen LogP contribution in [0.25, 0.3) is 5.57 Å². The number of nitrogens with one attached hydrogen (secondary N) is 1. The van der Waals surface area contributed by atoms with Gasteiger partial charge >= 0.3 is 0 Å².